The van der Waals surface area contributed by atoms with Gasteiger partial charge in [0.2, 0.25) is 10.0 Å². The summed E-state index contributed by atoms with van der Waals surface area (Å²) >= 11 is 0. The summed E-state index contributed by atoms with van der Waals surface area (Å²) in [7, 11) is -3.44. The van der Waals surface area contributed by atoms with Crippen molar-refractivity contribution in [2.75, 3.05) is 19.6 Å². The van der Waals surface area contributed by atoms with E-state index in [2.05, 4.69) is 0 Å². The molecule has 4 nitrogen and oxygen atoms in total. The molecule has 1 saturated heterocycles. The fraction of sp³-hybridized carbons (Fsp3) is 0.333. The van der Waals surface area contributed by atoms with Crippen molar-refractivity contribution in [3.63, 3.8) is 0 Å². The van der Waals surface area contributed by atoms with Gasteiger partial charge in [-0.15, -0.1) is 12.4 Å². The molecule has 130 valence electrons. The van der Waals surface area contributed by atoms with Crippen LogP contribution in [0.1, 0.15) is 13.3 Å². The molecule has 1 aliphatic heterocycles. The summed E-state index contributed by atoms with van der Waals surface area (Å²) in [4.78, 5) is 0.346. The standard InChI is InChI=1S/C18H22N2O2S.ClH/c1-18(13-19)11-12-20(14-18)23(21,22)17-9-7-16(8-10-17)15-5-3-2-4-6-15;/h2-10H,11-14,19H2,1H3;1H. The van der Waals surface area contributed by atoms with Gasteiger partial charge in [-0.3, -0.25) is 0 Å². The van der Waals surface area contributed by atoms with E-state index in [0.29, 0.717) is 24.5 Å². The summed E-state index contributed by atoms with van der Waals surface area (Å²) < 4.78 is 27.1. The van der Waals surface area contributed by atoms with Gasteiger partial charge in [-0.05, 0) is 41.6 Å². The van der Waals surface area contributed by atoms with Crippen LogP contribution in [0.2, 0.25) is 0 Å². The van der Waals surface area contributed by atoms with Crippen molar-refractivity contribution in [1.82, 2.24) is 4.31 Å². The van der Waals surface area contributed by atoms with Gasteiger partial charge in [0, 0.05) is 13.1 Å². The van der Waals surface area contributed by atoms with Crippen LogP contribution in [-0.2, 0) is 10.0 Å². The number of hydrogen-bond donors (Lipinski definition) is 1. The van der Waals surface area contributed by atoms with Crippen molar-refractivity contribution >= 4 is 22.4 Å². The SMILES string of the molecule is CC1(CN)CCN(S(=O)(=O)c2ccc(-c3ccccc3)cc2)C1.Cl. The number of nitrogens with zero attached hydrogens (tertiary/aromatic N) is 1. The van der Waals surface area contributed by atoms with E-state index in [4.69, 9.17) is 5.73 Å². The van der Waals surface area contributed by atoms with E-state index in [1.807, 2.05) is 49.4 Å². The molecule has 1 aliphatic rings. The highest BCUT2D eigenvalue weighted by atomic mass is 35.5. The minimum atomic E-state index is -3.44. The maximum absolute atomic E-state index is 12.8. The lowest BCUT2D eigenvalue weighted by Gasteiger charge is -2.22. The van der Waals surface area contributed by atoms with Crippen molar-refractivity contribution in [1.29, 1.82) is 0 Å². The lowest BCUT2D eigenvalue weighted by Crippen LogP contribution is -2.34. The molecule has 0 aliphatic carbocycles. The summed E-state index contributed by atoms with van der Waals surface area (Å²) in [5, 5.41) is 0. The normalized spacial score (nSPS) is 21.4. The molecule has 1 unspecified atom stereocenters. The molecule has 1 heterocycles. The third kappa shape index (κ3) is 3.64. The van der Waals surface area contributed by atoms with Gasteiger partial charge in [0.15, 0.2) is 0 Å². The fourth-order valence-corrected chi connectivity index (χ4v) is 4.54. The van der Waals surface area contributed by atoms with Gasteiger partial charge in [-0.1, -0.05) is 49.4 Å². The Morgan fingerprint density at radius 2 is 1.62 bits per heavy atom. The third-order valence-corrected chi connectivity index (χ3v) is 6.47. The molecule has 0 saturated carbocycles. The Labute approximate surface area is 150 Å². The average Bonchev–Trinajstić information content (AvgIpc) is 3.00. The summed E-state index contributed by atoms with van der Waals surface area (Å²) in [5.74, 6) is 0. The van der Waals surface area contributed by atoms with E-state index >= 15 is 0 Å². The number of nitrogens with two attached hydrogens (primary N) is 1. The van der Waals surface area contributed by atoms with Crippen LogP contribution in [0.3, 0.4) is 0 Å². The van der Waals surface area contributed by atoms with Gasteiger partial charge in [0.25, 0.3) is 0 Å². The molecule has 2 aromatic carbocycles. The van der Waals surface area contributed by atoms with Crippen LogP contribution in [-0.4, -0.2) is 32.4 Å². The second kappa shape index (κ2) is 7.23. The Hall–Kier alpha value is -1.40. The zero-order chi connectivity index (χ0) is 16.5. The molecular formula is C18H23ClN2O2S. The first-order chi connectivity index (χ1) is 10.9. The topological polar surface area (TPSA) is 63.4 Å². The summed E-state index contributed by atoms with van der Waals surface area (Å²) in [6, 6.07) is 17.0. The Balaban J connectivity index is 0.00000208. The molecule has 0 amide bonds. The highest BCUT2D eigenvalue weighted by molar-refractivity contribution is 7.89. The van der Waals surface area contributed by atoms with E-state index in [0.717, 1.165) is 17.5 Å². The Morgan fingerprint density at radius 3 is 2.17 bits per heavy atom. The van der Waals surface area contributed by atoms with Gasteiger partial charge in [0.1, 0.15) is 0 Å². The molecule has 2 aromatic rings. The number of sulfonamides is 1. The second-order valence-electron chi connectivity index (χ2n) is 6.49. The predicted octanol–water partition coefficient (Wildman–Crippen LogP) is 3.13. The number of hydrogen-bond acceptors (Lipinski definition) is 3. The molecule has 1 fully saturated rings. The Kier molecular flexibility index (Phi) is 5.71. The lowest BCUT2D eigenvalue weighted by molar-refractivity contribution is 0.349. The van der Waals surface area contributed by atoms with Crippen molar-refractivity contribution in [2.45, 2.75) is 18.2 Å². The van der Waals surface area contributed by atoms with E-state index in [1.54, 1.807) is 16.4 Å². The van der Waals surface area contributed by atoms with Crippen LogP contribution in [0.25, 0.3) is 11.1 Å². The molecule has 2 N–H and O–H groups in total. The monoisotopic (exact) mass is 366 g/mol. The van der Waals surface area contributed by atoms with Crippen LogP contribution >= 0.6 is 12.4 Å². The van der Waals surface area contributed by atoms with Gasteiger partial charge >= 0.3 is 0 Å². The highest BCUT2D eigenvalue weighted by Crippen LogP contribution is 2.33. The molecule has 24 heavy (non-hydrogen) atoms. The van der Waals surface area contributed by atoms with Crippen molar-refractivity contribution in [2.24, 2.45) is 11.1 Å². The van der Waals surface area contributed by atoms with Gasteiger partial charge < -0.3 is 5.73 Å². The molecule has 6 heteroatoms. The molecular weight excluding hydrogens is 344 g/mol. The number of halogens is 1. The predicted molar refractivity (Wildman–Crippen MR) is 99.7 cm³/mol. The maximum atomic E-state index is 12.8. The molecule has 0 spiro atoms. The van der Waals surface area contributed by atoms with Gasteiger partial charge in [-0.2, -0.15) is 4.31 Å². The number of benzene rings is 2. The van der Waals surface area contributed by atoms with Crippen molar-refractivity contribution in [3.8, 4) is 11.1 Å². The summed E-state index contributed by atoms with van der Waals surface area (Å²) in [6.07, 6.45) is 0.810. The van der Waals surface area contributed by atoms with Crippen molar-refractivity contribution in [3.05, 3.63) is 54.6 Å². The minimum Gasteiger partial charge on any atom is -0.330 e. The van der Waals surface area contributed by atoms with Crippen LogP contribution < -0.4 is 5.73 Å². The summed E-state index contributed by atoms with van der Waals surface area (Å²) in [5.41, 5.74) is 7.75. The lowest BCUT2D eigenvalue weighted by atomic mass is 9.90. The van der Waals surface area contributed by atoms with Crippen LogP contribution in [0, 0.1) is 5.41 Å². The number of rotatable bonds is 4. The molecule has 3 rings (SSSR count). The zero-order valence-corrected chi connectivity index (χ0v) is 15.3. The molecule has 0 radical (unpaired) electrons. The van der Waals surface area contributed by atoms with Crippen LogP contribution in [0.15, 0.2) is 59.5 Å². The first-order valence-corrected chi connectivity index (χ1v) is 9.24. The van der Waals surface area contributed by atoms with E-state index < -0.39 is 10.0 Å². The smallest absolute Gasteiger partial charge is 0.243 e. The van der Waals surface area contributed by atoms with E-state index in [-0.39, 0.29) is 17.8 Å². The Morgan fingerprint density at radius 1 is 1.04 bits per heavy atom. The van der Waals surface area contributed by atoms with Gasteiger partial charge in [0.05, 0.1) is 4.90 Å². The van der Waals surface area contributed by atoms with Crippen LogP contribution in [0.5, 0.6) is 0 Å². The van der Waals surface area contributed by atoms with E-state index in [9.17, 15) is 8.42 Å². The maximum Gasteiger partial charge on any atom is 0.243 e. The summed E-state index contributed by atoms with van der Waals surface area (Å²) in [6.45, 7) is 3.58. The van der Waals surface area contributed by atoms with Crippen LogP contribution in [0.4, 0.5) is 0 Å². The fourth-order valence-electron chi connectivity index (χ4n) is 2.95. The van der Waals surface area contributed by atoms with Crippen molar-refractivity contribution < 1.29 is 8.42 Å². The second-order valence-corrected chi connectivity index (χ2v) is 8.43. The van der Waals surface area contributed by atoms with Gasteiger partial charge in [-0.25, -0.2) is 8.42 Å². The highest BCUT2D eigenvalue weighted by Gasteiger charge is 2.38. The molecule has 0 bridgehead atoms. The van der Waals surface area contributed by atoms with E-state index in [1.165, 1.54) is 0 Å². The molecule has 0 aromatic heterocycles. The first-order valence-electron chi connectivity index (χ1n) is 7.80. The largest absolute Gasteiger partial charge is 0.330 e. The first kappa shape index (κ1) is 18.9. The average molecular weight is 367 g/mol. The zero-order valence-electron chi connectivity index (χ0n) is 13.7. The minimum absolute atomic E-state index is 0. The Bertz CT molecular complexity index is 778. The quantitative estimate of drug-likeness (QED) is 0.904. The third-order valence-electron chi connectivity index (χ3n) is 4.61. The molecule has 1 atom stereocenters.